The molecule has 19 heavy (non-hydrogen) atoms. The molecule has 1 aromatic carbocycles. The van der Waals surface area contributed by atoms with Gasteiger partial charge < -0.3 is 20.3 Å². The molecule has 6 heteroatoms. The standard InChI is InChI=1S/C13H18ClNO4/c1-7(2)19-12-8(6-10(15)13(16)17)9(14)4-5-11(12)18-3/h4-5,7,10H,6,15H2,1-3H3,(H,16,17). The first kappa shape index (κ1) is 15.6. The Morgan fingerprint density at radius 1 is 1.47 bits per heavy atom. The van der Waals surface area contributed by atoms with Gasteiger partial charge in [-0.1, -0.05) is 11.6 Å². The number of methoxy groups -OCH3 is 1. The maximum atomic E-state index is 10.9. The molecule has 0 aliphatic heterocycles. The average molecular weight is 288 g/mol. The average Bonchev–Trinajstić information content (AvgIpc) is 2.33. The van der Waals surface area contributed by atoms with Gasteiger partial charge >= 0.3 is 5.97 Å². The van der Waals surface area contributed by atoms with Crippen LogP contribution in [0.1, 0.15) is 19.4 Å². The van der Waals surface area contributed by atoms with Gasteiger partial charge in [-0.2, -0.15) is 0 Å². The van der Waals surface area contributed by atoms with Crippen LogP contribution in [-0.4, -0.2) is 30.3 Å². The van der Waals surface area contributed by atoms with Gasteiger partial charge in [-0.05, 0) is 26.0 Å². The molecule has 0 aliphatic rings. The van der Waals surface area contributed by atoms with Gasteiger partial charge in [-0.25, -0.2) is 0 Å². The number of halogens is 1. The predicted octanol–water partition coefficient (Wildman–Crippen LogP) is 2.09. The van der Waals surface area contributed by atoms with Gasteiger partial charge in [0.25, 0.3) is 0 Å². The molecular formula is C13H18ClNO4. The van der Waals surface area contributed by atoms with E-state index in [2.05, 4.69) is 0 Å². The van der Waals surface area contributed by atoms with Crippen molar-refractivity contribution in [2.75, 3.05) is 7.11 Å². The van der Waals surface area contributed by atoms with Crippen molar-refractivity contribution in [2.45, 2.75) is 32.4 Å². The zero-order chi connectivity index (χ0) is 14.6. The number of aliphatic carboxylic acids is 1. The number of hydrogen-bond donors (Lipinski definition) is 2. The summed E-state index contributed by atoms with van der Waals surface area (Å²) in [6.45, 7) is 3.72. The minimum Gasteiger partial charge on any atom is -0.493 e. The molecule has 0 radical (unpaired) electrons. The zero-order valence-electron chi connectivity index (χ0n) is 11.1. The van der Waals surface area contributed by atoms with Crippen LogP contribution in [0.3, 0.4) is 0 Å². The van der Waals surface area contributed by atoms with E-state index in [0.717, 1.165) is 0 Å². The molecule has 0 fully saturated rings. The highest BCUT2D eigenvalue weighted by Crippen LogP contribution is 2.37. The van der Waals surface area contributed by atoms with Crippen molar-refractivity contribution in [2.24, 2.45) is 5.73 Å². The lowest BCUT2D eigenvalue weighted by atomic mass is 10.0. The molecule has 0 heterocycles. The lowest BCUT2D eigenvalue weighted by Gasteiger charge is -2.19. The molecule has 1 unspecified atom stereocenters. The van der Waals surface area contributed by atoms with E-state index in [9.17, 15) is 4.79 Å². The van der Waals surface area contributed by atoms with Gasteiger partial charge in [0.1, 0.15) is 6.04 Å². The third-order valence-corrected chi connectivity index (χ3v) is 2.84. The van der Waals surface area contributed by atoms with Crippen molar-refractivity contribution >= 4 is 17.6 Å². The van der Waals surface area contributed by atoms with E-state index in [0.29, 0.717) is 22.1 Å². The number of ether oxygens (including phenoxy) is 2. The minimum absolute atomic E-state index is 0.0768. The maximum absolute atomic E-state index is 10.9. The van der Waals surface area contributed by atoms with Crippen LogP contribution >= 0.6 is 11.6 Å². The Balaban J connectivity index is 3.21. The number of carboxylic acids is 1. The molecular weight excluding hydrogens is 270 g/mol. The molecule has 0 aliphatic carbocycles. The summed E-state index contributed by atoms with van der Waals surface area (Å²) < 4.78 is 10.9. The second-order valence-electron chi connectivity index (χ2n) is 4.37. The largest absolute Gasteiger partial charge is 0.493 e. The van der Waals surface area contributed by atoms with E-state index >= 15 is 0 Å². The Morgan fingerprint density at radius 2 is 2.11 bits per heavy atom. The van der Waals surface area contributed by atoms with Crippen molar-refractivity contribution in [3.63, 3.8) is 0 Å². The van der Waals surface area contributed by atoms with Crippen LogP contribution in [0.5, 0.6) is 11.5 Å². The van der Waals surface area contributed by atoms with E-state index in [1.54, 1.807) is 12.1 Å². The number of carbonyl (C=O) groups is 1. The topological polar surface area (TPSA) is 81.8 Å². The molecule has 0 saturated heterocycles. The van der Waals surface area contributed by atoms with E-state index < -0.39 is 12.0 Å². The normalized spacial score (nSPS) is 12.3. The van der Waals surface area contributed by atoms with E-state index in [1.165, 1.54) is 7.11 Å². The molecule has 0 amide bonds. The molecule has 1 aromatic rings. The Labute approximate surface area is 117 Å². The maximum Gasteiger partial charge on any atom is 0.320 e. The number of benzene rings is 1. The molecule has 3 N–H and O–H groups in total. The number of carboxylic acid groups (broad SMARTS) is 1. The van der Waals surface area contributed by atoms with Crippen molar-refractivity contribution in [3.05, 3.63) is 22.7 Å². The van der Waals surface area contributed by atoms with Gasteiger partial charge in [0.05, 0.1) is 13.2 Å². The fourth-order valence-electron chi connectivity index (χ4n) is 1.61. The Morgan fingerprint density at radius 3 is 2.58 bits per heavy atom. The van der Waals surface area contributed by atoms with Crippen LogP contribution in [0.15, 0.2) is 12.1 Å². The SMILES string of the molecule is COc1ccc(Cl)c(CC(N)C(=O)O)c1OC(C)C. The third-order valence-electron chi connectivity index (χ3n) is 2.48. The second kappa shape index (κ2) is 6.63. The molecule has 1 atom stereocenters. The Bertz CT molecular complexity index is 462. The zero-order valence-corrected chi connectivity index (χ0v) is 11.9. The van der Waals surface area contributed by atoms with Gasteiger partial charge in [0.15, 0.2) is 11.5 Å². The van der Waals surface area contributed by atoms with Crippen LogP contribution in [-0.2, 0) is 11.2 Å². The van der Waals surface area contributed by atoms with E-state index in [-0.39, 0.29) is 12.5 Å². The van der Waals surface area contributed by atoms with Gasteiger partial charge in [0, 0.05) is 17.0 Å². The van der Waals surface area contributed by atoms with Crippen LogP contribution in [0.4, 0.5) is 0 Å². The van der Waals surface area contributed by atoms with Crippen LogP contribution in [0.2, 0.25) is 5.02 Å². The second-order valence-corrected chi connectivity index (χ2v) is 4.78. The summed E-state index contributed by atoms with van der Waals surface area (Å²) in [6, 6.07) is 2.27. The van der Waals surface area contributed by atoms with Gasteiger partial charge in [0.2, 0.25) is 0 Å². The number of nitrogens with two attached hydrogens (primary N) is 1. The van der Waals surface area contributed by atoms with E-state index in [4.69, 9.17) is 31.9 Å². The summed E-state index contributed by atoms with van der Waals surface area (Å²) >= 11 is 6.11. The van der Waals surface area contributed by atoms with Crippen LogP contribution in [0.25, 0.3) is 0 Å². The summed E-state index contributed by atoms with van der Waals surface area (Å²) in [5.74, 6) is -0.137. The van der Waals surface area contributed by atoms with Gasteiger partial charge in [-0.3, -0.25) is 4.79 Å². The Kier molecular flexibility index (Phi) is 5.44. The minimum atomic E-state index is -1.09. The first-order valence-electron chi connectivity index (χ1n) is 5.87. The lowest BCUT2D eigenvalue weighted by Crippen LogP contribution is -2.32. The van der Waals surface area contributed by atoms with Crippen molar-refractivity contribution in [1.29, 1.82) is 0 Å². The van der Waals surface area contributed by atoms with E-state index in [1.807, 2.05) is 13.8 Å². The first-order valence-corrected chi connectivity index (χ1v) is 6.25. The number of rotatable bonds is 6. The highest BCUT2D eigenvalue weighted by molar-refractivity contribution is 6.31. The molecule has 1 rings (SSSR count). The molecule has 0 aromatic heterocycles. The molecule has 0 saturated carbocycles. The highest BCUT2D eigenvalue weighted by atomic mass is 35.5. The molecule has 0 bridgehead atoms. The van der Waals surface area contributed by atoms with Crippen molar-refractivity contribution < 1.29 is 19.4 Å². The smallest absolute Gasteiger partial charge is 0.320 e. The summed E-state index contributed by atoms with van der Waals surface area (Å²) in [5, 5.41) is 9.30. The number of hydrogen-bond acceptors (Lipinski definition) is 4. The quantitative estimate of drug-likeness (QED) is 0.837. The Hall–Kier alpha value is -1.46. The summed E-state index contributed by atoms with van der Waals surface area (Å²) in [6.07, 6.45) is -0.0138. The van der Waals surface area contributed by atoms with Crippen LogP contribution < -0.4 is 15.2 Å². The molecule has 5 nitrogen and oxygen atoms in total. The third kappa shape index (κ3) is 4.01. The fourth-order valence-corrected chi connectivity index (χ4v) is 1.83. The summed E-state index contributed by atoms with van der Waals surface area (Å²) in [4.78, 5) is 10.9. The summed E-state index contributed by atoms with van der Waals surface area (Å²) in [7, 11) is 1.51. The molecule has 0 spiro atoms. The van der Waals surface area contributed by atoms with Crippen molar-refractivity contribution in [3.8, 4) is 11.5 Å². The monoisotopic (exact) mass is 287 g/mol. The van der Waals surface area contributed by atoms with Crippen molar-refractivity contribution in [1.82, 2.24) is 0 Å². The highest BCUT2D eigenvalue weighted by Gasteiger charge is 2.21. The first-order chi connectivity index (χ1) is 8.86. The fraction of sp³-hybridized carbons (Fsp3) is 0.462. The predicted molar refractivity (Wildman–Crippen MR) is 73.1 cm³/mol. The summed E-state index contributed by atoms with van der Waals surface area (Å²) in [5.41, 5.74) is 6.10. The van der Waals surface area contributed by atoms with Crippen LogP contribution in [0, 0.1) is 0 Å². The molecule has 106 valence electrons. The van der Waals surface area contributed by atoms with Gasteiger partial charge in [-0.15, -0.1) is 0 Å². The lowest BCUT2D eigenvalue weighted by molar-refractivity contribution is -0.138.